The molecular formula is C13H23BN2O2. The van der Waals surface area contributed by atoms with Crippen LogP contribution in [0.1, 0.15) is 68.9 Å². The van der Waals surface area contributed by atoms with Crippen molar-refractivity contribution in [3.05, 3.63) is 12.2 Å². The monoisotopic (exact) mass is 261 g/mol. The van der Waals surface area contributed by atoms with Gasteiger partial charge in [0.15, 0.2) is 0 Å². The highest BCUT2D eigenvalue weighted by atomic mass is 16.7. The lowest BCUT2D eigenvalue weighted by Gasteiger charge is -2.32. The minimum atomic E-state index is -3.63. The second-order valence-corrected chi connectivity index (χ2v) is 5.10. The highest BCUT2D eigenvalue weighted by molar-refractivity contribution is 6.61. The Hall–Kier alpha value is -0.805. The van der Waals surface area contributed by atoms with E-state index in [9.17, 15) is 0 Å². The van der Waals surface area contributed by atoms with Gasteiger partial charge in [-0.3, -0.25) is 4.68 Å². The van der Waals surface area contributed by atoms with Crippen molar-refractivity contribution in [3.8, 4) is 0 Å². The summed E-state index contributed by atoms with van der Waals surface area (Å²) in [5.74, 6) is 0. The maximum atomic E-state index is 8.37. The largest absolute Gasteiger partial charge is 0.516 e. The van der Waals surface area contributed by atoms with Gasteiger partial charge in [-0.1, -0.05) is 6.85 Å². The number of nitrogens with zero attached hydrogens (tertiary/aromatic N) is 2. The van der Waals surface area contributed by atoms with Crippen LogP contribution in [-0.2, 0) is 9.31 Å². The molecule has 2 rings (SSSR count). The number of aromatic nitrogens is 2. The molecule has 0 bridgehead atoms. The molecular weight excluding hydrogens is 227 g/mol. The van der Waals surface area contributed by atoms with Gasteiger partial charge < -0.3 is 9.31 Å². The van der Waals surface area contributed by atoms with Gasteiger partial charge in [0.1, 0.15) is 0 Å². The summed E-state index contributed by atoms with van der Waals surface area (Å²) in [5, 5.41) is 3.79. The molecule has 0 aliphatic carbocycles. The molecule has 1 aliphatic heterocycles. The molecule has 1 aliphatic rings. The Kier molecular flexibility index (Phi) is 1.29. The van der Waals surface area contributed by atoms with E-state index in [1.807, 2.05) is 0 Å². The van der Waals surface area contributed by atoms with E-state index in [1.165, 1.54) is 0 Å². The summed E-state index contributed by atoms with van der Waals surface area (Å²) in [6.45, 7) is -0.167. The Morgan fingerprint density at radius 1 is 1.56 bits per heavy atom. The Morgan fingerprint density at radius 2 is 2.22 bits per heavy atom. The number of hydrogen-bond donors (Lipinski definition) is 0. The SMILES string of the molecule is [2H]c1c(B2OC(C)(C)C(C)(C)O2)nn(C([2H])(C([2H])([2H])[2H])C([2H])([2H])C([2H])([2H])[2H])c1[2H]. The first-order valence-electron chi connectivity index (χ1n) is 11.0. The van der Waals surface area contributed by atoms with E-state index in [1.54, 1.807) is 27.7 Å². The fraction of sp³-hybridized carbons (Fsp3) is 0.769. The first kappa shape index (κ1) is 5.29. The first-order valence-corrected chi connectivity index (χ1v) is 5.54. The van der Waals surface area contributed by atoms with Gasteiger partial charge in [-0.2, -0.15) is 5.10 Å². The van der Waals surface area contributed by atoms with Gasteiger partial charge in [-0.15, -0.1) is 0 Å². The molecule has 100 valence electrons. The minimum absolute atomic E-state index is 0.120. The quantitative estimate of drug-likeness (QED) is 0.782. The topological polar surface area (TPSA) is 36.3 Å². The fourth-order valence-electron chi connectivity index (χ4n) is 1.49. The molecule has 0 N–H and O–H groups in total. The van der Waals surface area contributed by atoms with Gasteiger partial charge in [0.25, 0.3) is 0 Å². The van der Waals surface area contributed by atoms with Crippen LogP contribution in [0.5, 0.6) is 0 Å². The lowest BCUT2D eigenvalue weighted by Crippen LogP contribution is -2.41. The van der Waals surface area contributed by atoms with Crippen molar-refractivity contribution >= 4 is 12.7 Å². The molecule has 1 fully saturated rings. The van der Waals surface area contributed by atoms with E-state index < -0.39 is 56.6 Å². The normalized spacial score (nSPS) is 36.2. The molecule has 0 aromatic carbocycles. The van der Waals surface area contributed by atoms with E-state index in [4.69, 9.17) is 24.4 Å². The number of hydrogen-bond acceptors (Lipinski definition) is 3. The van der Waals surface area contributed by atoms with Crippen molar-refractivity contribution in [1.29, 1.82) is 0 Å². The van der Waals surface area contributed by atoms with E-state index in [0.717, 1.165) is 0 Å². The molecule has 4 nitrogen and oxygen atoms in total. The van der Waals surface area contributed by atoms with Gasteiger partial charge in [0, 0.05) is 23.2 Å². The molecule has 1 unspecified atom stereocenters. The van der Waals surface area contributed by atoms with Crippen molar-refractivity contribution in [3.63, 3.8) is 0 Å². The summed E-state index contributed by atoms with van der Waals surface area (Å²) in [7, 11) is -1.28. The van der Waals surface area contributed by atoms with Crippen LogP contribution < -0.4 is 5.59 Å². The molecule has 0 saturated carbocycles. The molecule has 18 heavy (non-hydrogen) atoms. The van der Waals surface area contributed by atoms with E-state index in [0.29, 0.717) is 0 Å². The molecule has 1 aromatic rings. The third kappa shape index (κ3) is 2.21. The smallest absolute Gasteiger partial charge is 0.398 e. The standard InChI is InChI=1S/C13H23BN2O2/c1-7-10(2)16-9-8-11(15-16)14-17-12(3,4)13(5,6)18-14/h8-10H,7H2,1-6H3/i1D3,2D3,7D2,8D,9D,10D. The lowest BCUT2D eigenvalue weighted by molar-refractivity contribution is 0.00578. The summed E-state index contributed by atoms with van der Waals surface area (Å²) in [6, 6.07) is -4.16. The predicted molar refractivity (Wildman–Crippen MR) is 72.9 cm³/mol. The summed E-state index contributed by atoms with van der Waals surface area (Å²) >= 11 is 0. The van der Waals surface area contributed by atoms with Crippen LogP contribution in [0.15, 0.2) is 12.2 Å². The van der Waals surface area contributed by atoms with Gasteiger partial charge in [0.05, 0.1) is 20.9 Å². The van der Waals surface area contributed by atoms with Crippen molar-refractivity contribution in [2.45, 2.75) is 65.0 Å². The predicted octanol–water partition coefficient (Wildman–Crippen LogP) is 2.15. The highest BCUT2D eigenvalue weighted by Gasteiger charge is 2.52. The van der Waals surface area contributed by atoms with Crippen LogP contribution in [0.2, 0.25) is 0 Å². The van der Waals surface area contributed by atoms with E-state index >= 15 is 0 Å². The maximum absolute atomic E-state index is 8.37. The molecule has 1 saturated heterocycles. The van der Waals surface area contributed by atoms with Gasteiger partial charge in [0.2, 0.25) is 0 Å². The van der Waals surface area contributed by atoms with E-state index in [2.05, 4.69) is 5.10 Å². The molecule has 0 amide bonds. The Balaban J connectivity index is 2.70. The van der Waals surface area contributed by atoms with Gasteiger partial charge in [-0.05, 0) is 47.0 Å². The maximum Gasteiger partial charge on any atom is 0.516 e. The van der Waals surface area contributed by atoms with Crippen molar-refractivity contribution < 1.29 is 24.4 Å². The van der Waals surface area contributed by atoms with E-state index in [-0.39, 0.29) is 10.3 Å². The highest BCUT2D eigenvalue weighted by Crippen LogP contribution is 2.36. The average molecular weight is 261 g/mol. The van der Waals surface area contributed by atoms with Crippen LogP contribution in [0, 0.1) is 0 Å². The Morgan fingerprint density at radius 3 is 2.78 bits per heavy atom. The lowest BCUT2D eigenvalue weighted by atomic mass is 9.85. The third-order valence-electron chi connectivity index (χ3n) is 3.30. The Labute approximate surface area is 125 Å². The van der Waals surface area contributed by atoms with Gasteiger partial charge in [-0.25, -0.2) is 0 Å². The average Bonchev–Trinajstić information content (AvgIpc) is 2.90. The van der Waals surface area contributed by atoms with Crippen LogP contribution in [0.4, 0.5) is 0 Å². The van der Waals surface area contributed by atoms with Crippen molar-refractivity contribution in [1.82, 2.24) is 9.78 Å². The number of rotatable bonds is 3. The second kappa shape index (κ2) is 4.39. The van der Waals surface area contributed by atoms with Crippen molar-refractivity contribution in [2.24, 2.45) is 0 Å². The minimum Gasteiger partial charge on any atom is -0.398 e. The first-order chi connectivity index (χ1) is 12.6. The summed E-state index contributed by atoms with van der Waals surface area (Å²) in [4.78, 5) is 0. The zero-order valence-electron chi connectivity index (χ0n) is 21.8. The van der Waals surface area contributed by atoms with Crippen LogP contribution in [0.25, 0.3) is 0 Å². The molecule has 0 radical (unpaired) electrons. The zero-order chi connectivity index (χ0) is 23.0. The second-order valence-electron chi connectivity index (χ2n) is 5.10. The van der Waals surface area contributed by atoms with Gasteiger partial charge >= 0.3 is 7.12 Å². The zero-order valence-corrected chi connectivity index (χ0v) is 10.8. The van der Waals surface area contributed by atoms with Crippen LogP contribution >= 0.6 is 0 Å². The molecule has 5 heteroatoms. The van der Waals surface area contributed by atoms with Crippen molar-refractivity contribution in [2.75, 3.05) is 0 Å². The fourth-order valence-corrected chi connectivity index (χ4v) is 1.49. The summed E-state index contributed by atoms with van der Waals surface area (Å²) < 4.78 is 97.2. The molecule has 1 atom stereocenters. The molecule has 2 heterocycles. The van der Waals surface area contributed by atoms with Crippen LogP contribution in [-0.4, -0.2) is 28.1 Å². The summed E-state index contributed by atoms with van der Waals surface area (Å²) in [6.07, 6.45) is -4.57. The summed E-state index contributed by atoms with van der Waals surface area (Å²) in [5.41, 5.74) is -2.02. The Bertz CT molecular complexity index is 786. The van der Waals surface area contributed by atoms with Crippen LogP contribution in [0.3, 0.4) is 0 Å². The third-order valence-corrected chi connectivity index (χ3v) is 3.30. The molecule has 1 aromatic heterocycles. The molecule has 0 spiro atoms.